The monoisotopic (exact) mass is 388 g/mol. The first kappa shape index (κ1) is 16.7. The van der Waals surface area contributed by atoms with Gasteiger partial charge in [0.15, 0.2) is 17.3 Å². The highest BCUT2D eigenvalue weighted by Gasteiger charge is 2.31. The van der Waals surface area contributed by atoms with E-state index >= 15 is 0 Å². The van der Waals surface area contributed by atoms with Gasteiger partial charge in [0.2, 0.25) is 0 Å². The van der Waals surface area contributed by atoms with Crippen LogP contribution in [0, 0.1) is 12.7 Å². The third-order valence-corrected chi connectivity index (χ3v) is 6.09. The normalized spacial score (nSPS) is 16.6. The third kappa shape index (κ3) is 2.57. The summed E-state index contributed by atoms with van der Waals surface area (Å²) in [7, 11) is 0. The molecule has 6 nitrogen and oxygen atoms in total. The number of aryl methyl sites for hydroxylation is 1. The van der Waals surface area contributed by atoms with Crippen molar-refractivity contribution in [1.82, 2.24) is 19.8 Å². The SMILES string of the molecule is Cc1ccc2c(c1)c(N1CCc3cc(N)c(F)cc3C1)nn1c(C3CC3)nnc21. The molecule has 2 aliphatic rings. The smallest absolute Gasteiger partial charge is 0.185 e. The molecular weight excluding hydrogens is 367 g/mol. The van der Waals surface area contributed by atoms with Gasteiger partial charge in [0.05, 0.1) is 5.69 Å². The lowest BCUT2D eigenvalue weighted by Crippen LogP contribution is -2.32. The summed E-state index contributed by atoms with van der Waals surface area (Å²) in [5, 5.41) is 16.0. The van der Waals surface area contributed by atoms with Gasteiger partial charge in [0.25, 0.3) is 0 Å². The van der Waals surface area contributed by atoms with Gasteiger partial charge in [-0.25, -0.2) is 4.39 Å². The number of nitrogens with zero attached hydrogens (tertiary/aromatic N) is 5. The van der Waals surface area contributed by atoms with Gasteiger partial charge in [-0.05, 0) is 55.5 Å². The van der Waals surface area contributed by atoms with Crippen molar-refractivity contribution in [3.63, 3.8) is 0 Å². The van der Waals surface area contributed by atoms with Crippen molar-refractivity contribution in [2.75, 3.05) is 17.2 Å². The average molecular weight is 388 g/mol. The average Bonchev–Trinajstić information content (AvgIpc) is 3.47. The lowest BCUT2D eigenvalue weighted by atomic mass is 9.98. The standard InChI is InChI=1S/C22H21FN6/c1-12-2-5-16-17(8-12)22(27-29-20(13-3-4-13)25-26-21(16)29)28-7-6-14-10-19(24)18(23)9-15(14)11-28/h2,5,8-10,13H,3-4,6-7,11,24H2,1H3. The second-order valence-corrected chi connectivity index (χ2v) is 8.25. The Morgan fingerprint density at radius 1 is 1.07 bits per heavy atom. The molecule has 4 aromatic rings. The highest BCUT2D eigenvalue weighted by atomic mass is 19.1. The van der Waals surface area contributed by atoms with Gasteiger partial charge in [0, 0.05) is 29.8 Å². The molecule has 0 unspecified atom stereocenters. The molecule has 1 aliphatic carbocycles. The zero-order valence-electron chi connectivity index (χ0n) is 16.2. The molecule has 0 spiro atoms. The predicted molar refractivity (Wildman–Crippen MR) is 111 cm³/mol. The molecule has 2 aromatic carbocycles. The summed E-state index contributed by atoms with van der Waals surface area (Å²) in [4.78, 5) is 2.23. The number of halogens is 1. The number of nitrogens with two attached hydrogens (primary N) is 1. The number of aromatic nitrogens is 4. The highest BCUT2D eigenvalue weighted by molar-refractivity contribution is 6.00. The van der Waals surface area contributed by atoms with E-state index in [4.69, 9.17) is 10.8 Å². The molecule has 7 heteroatoms. The van der Waals surface area contributed by atoms with Crippen LogP contribution in [0.25, 0.3) is 16.4 Å². The molecule has 0 amide bonds. The van der Waals surface area contributed by atoms with E-state index in [1.54, 1.807) is 12.1 Å². The molecule has 1 aliphatic heterocycles. The molecule has 29 heavy (non-hydrogen) atoms. The maximum atomic E-state index is 14.1. The van der Waals surface area contributed by atoms with Crippen molar-refractivity contribution in [3.05, 3.63) is 58.7 Å². The van der Waals surface area contributed by atoms with Crippen LogP contribution >= 0.6 is 0 Å². The Hall–Kier alpha value is -3.22. The van der Waals surface area contributed by atoms with Crippen LogP contribution in [-0.2, 0) is 13.0 Å². The number of hydrogen-bond acceptors (Lipinski definition) is 5. The van der Waals surface area contributed by atoms with Crippen molar-refractivity contribution in [2.24, 2.45) is 0 Å². The van der Waals surface area contributed by atoms with E-state index < -0.39 is 0 Å². The number of rotatable bonds is 2. The topological polar surface area (TPSA) is 72.3 Å². The van der Waals surface area contributed by atoms with E-state index in [0.29, 0.717) is 12.5 Å². The van der Waals surface area contributed by atoms with Crippen LogP contribution in [-0.4, -0.2) is 26.4 Å². The maximum absolute atomic E-state index is 14.1. The molecule has 3 heterocycles. The molecule has 0 atom stereocenters. The Balaban J connectivity index is 1.54. The number of fused-ring (bicyclic) bond motifs is 4. The van der Waals surface area contributed by atoms with Gasteiger partial charge >= 0.3 is 0 Å². The van der Waals surface area contributed by atoms with Gasteiger partial charge < -0.3 is 10.6 Å². The Kier molecular flexibility index (Phi) is 3.39. The zero-order chi connectivity index (χ0) is 19.7. The maximum Gasteiger partial charge on any atom is 0.185 e. The summed E-state index contributed by atoms with van der Waals surface area (Å²) < 4.78 is 16.0. The minimum absolute atomic E-state index is 0.219. The van der Waals surface area contributed by atoms with E-state index in [0.717, 1.165) is 65.0 Å². The summed E-state index contributed by atoms with van der Waals surface area (Å²) in [5.41, 5.74) is 10.0. The van der Waals surface area contributed by atoms with E-state index in [9.17, 15) is 4.39 Å². The summed E-state index contributed by atoms with van der Waals surface area (Å²) in [6, 6.07) is 9.70. The first-order valence-electron chi connectivity index (χ1n) is 10.1. The fraction of sp³-hybridized carbons (Fsp3) is 0.318. The minimum Gasteiger partial charge on any atom is -0.396 e. The number of hydrogen-bond donors (Lipinski definition) is 1. The second-order valence-electron chi connectivity index (χ2n) is 8.25. The summed E-state index contributed by atoms with van der Waals surface area (Å²) >= 11 is 0. The molecule has 146 valence electrons. The largest absolute Gasteiger partial charge is 0.396 e. The van der Waals surface area contributed by atoms with Crippen LogP contribution < -0.4 is 10.6 Å². The van der Waals surface area contributed by atoms with Crippen LogP contribution in [0.1, 0.15) is 41.3 Å². The van der Waals surface area contributed by atoms with Crippen molar-refractivity contribution < 1.29 is 4.39 Å². The first-order valence-corrected chi connectivity index (χ1v) is 10.1. The molecule has 2 N–H and O–H groups in total. The zero-order valence-corrected chi connectivity index (χ0v) is 16.2. The fourth-order valence-electron chi connectivity index (χ4n) is 4.35. The summed E-state index contributed by atoms with van der Waals surface area (Å²) in [6.45, 7) is 3.49. The van der Waals surface area contributed by atoms with E-state index in [1.807, 2.05) is 4.52 Å². The molecule has 2 aromatic heterocycles. The van der Waals surface area contributed by atoms with Crippen LogP contribution in [0.4, 0.5) is 15.9 Å². The van der Waals surface area contributed by atoms with Crippen molar-refractivity contribution in [2.45, 2.75) is 38.6 Å². The first-order chi connectivity index (χ1) is 14.1. The molecule has 6 rings (SSSR count). The highest BCUT2D eigenvalue weighted by Crippen LogP contribution is 2.40. The predicted octanol–water partition coefficient (Wildman–Crippen LogP) is 3.75. The molecule has 1 fully saturated rings. The van der Waals surface area contributed by atoms with Crippen molar-refractivity contribution >= 4 is 27.9 Å². The summed E-state index contributed by atoms with van der Waals surface area (Å²) in [5.74, 6) is 1.94. The Bertz CT molecular complexity index is 1290. The molecule has 0 radical (unpaired) electrons. The van der Waals surface area contributed by atoms with E-state index in [2.05, 4.69) is 40.2 Å². The number of nitrogen functional groups attached to an aromatic ring is 1. The van der Waals surface area contributed by atoms with Gasteiger partial charge in [-0.1, -0.05) is 17.7 Å². The van der Waals surface area contributed by atoms with Gasteiger partial charge in [-0.15, -0.1) is 15.3 Å². The number of anilines is 2. The number of benzene rings is 2. The fourth-order valence-corrected chi connectivity index (χ4v) is 4.35. The van der Waals surface area contributed by atoms with Crippen LogP contribution in [0.5, 0.6) is 0 Å². The van der Waals surface area contributed by atoms with Crippen LogP contribution in [0.3, 0.4) is 0 Å². The lowest BCUT2D eigenvalue weighted by molar-refractivity contribution is 0.622. The molecule has 1 saturated carbocycles. The van der Waals surface area contributed by atoms with Crippen LogP contribution in [0.15, 0.2) is 30.3 Å². The van der Waals surface area contributed by atoms with Crippen LogP contribution in [0.2, 0.25) is 0 Å². The molecule has 0 bridgehead atoms. The van der Waals surface area contributed by atoms with Gasteiger partial charge in [-0.3, -0.25) is 0 Å². The van der Waals surface area contributed by atoms with Crippen molar-refractivity contribution in [1.29, 1.82) is 0 Å². The quantitative estimate of drug-likeness (QED) is 0.530. The molecular formula is C22H21FN6. The Labute approximate surface area is 167 Å². The lowest BCUT2D eigenvalue weighted by Gasteiger charge is -2.31. The Morgan fingerprint density at radius 3 is 2.76 bits per heavy atom. The Morgan fingerprint density at radius 2 is 1.93 bits per heavy atom. The second kappa shape index (κ2) is 5.89. The van der Waals surface area contributed by atoms with Crippen molar-refractivity contribution in [3.8, 4) is 0 Å². The molecule has 0 saturated heterocycles. The third-order valence-electron chi connectivity index (χ3n) is 6.09. The minimum atomic E-state index is -0.357. The van der Waals surface area contributed by atoms with E-state index in [-0.39, 0.29) is 11.5 Å². The summed E-state index contributed by atoms with van der Waals surface area (Å²) in [6.07, 6.45) is 3.09. The van der Waals surface area contributed by atoms with E-state index in [1.165, 1.54) is 5.56 Å². The van der Waals surface area contributed by atoms with Gasteiger partial charge in [-0.2, -0.15) is 4.52 Å². The van der Waals surface area contributed by atoms with Gasteiger partial charge in [0.1, 0.15) is 5.82 Å².